The third-order valence-corrected chi connectivity index (χ3v) is 3.41. The number of carbonyl (C=O) groups is 1. The monoisotopic (exact) mass is 247 g/mol. The number of hydrogen-bond donors (Lipinski definition) is 1. The Balaban J connectivity index is 2.67. The zero-order valence-electron chi connectivity index (χ0n) is 12.0. The van der Waals surface area contributed by atoms with Crippen LogP contribution in [-0.4, -0.2) is 5.91 Å². The van der Waals surface area contributed by atoms with Gasteiger partial charge in [0.05, 0.1) is 0 Å². The van der Waals surface area contributed by atoms with Crippen LogP contribution in [0.2, 0.25) is 0 Å². The number of nitrogens with one attached hydrogen (secondary N) is 1. The summed E-state index contributed by atoms with van der Waals surface area (Å²) in [6.07, 6.45) is 4.17. The molecule has 0 aromatic heterocycles. The highest BCUT2D eigenvalue weighted by molar-refractivity contribution is 5.93. The lowest BCUT2D eigenvalue weighted by Crippen LogP contribution is -2.22. The Morgan fingerprint density at radius 1 is 1.28 bits per heavy atom. The molecule has 2 nitrogen and oxygen atoms in total. The van der Waals surface area contributed by atoms with Gasteiger partial charge in [-0.2, -0.15) is 0 Å². The minimum atomic E-state index is 0.144. The topological polar surface area (TPSA) is 29.1 Å². The molecule has 100 valence electrons. The number of anilines is 1. The van der Waals surface area contributed by atoms with Crippen LogP contribution in [0.3, 0.4) is 0 Å². The Morgan fingerprint density at radius 2 is 2.00 bits per heavy atom. The summed E-state index contributed by atoms with van der Waals surface area (Å²) in [6, 6.07) is 6.13. The number of amides is 1. The van der Waals surface area contributed by atoms with Gasteiger partial charge < -0.3 is 5.32 Å². The van der Waals surface area contributed by atoms with E-state index < -0.39 is 0 Å². The highest BCUT2D eigenvalue weighted by atomic mass is 16.1. The minimum Gasteiger partial charge on any atom is -0.326 e. The largest absolute Gasteiger partial charge is 0.326 e. The van der Waals surface area contributed by atoms with E-state index in [-0.39, 0.29) is 11.8 Å². The predicted molar refractivity (Wildman–Crippen MR) is 77.9 cm³/mol. The Labute approximate surface area is 111 Å². The van der Waals surface area contributed by atoms with Crippen molar-refractivity contribution in [2.24, 2.45) is 5.92 Å². The van der Waals surface area contributed by atoms with Crippen molar-refractivity contribution in [2.45, 2.75) is 53.4 Å². The van der Waals surface area contributed by atoms with Crippen molar-refractivity contribution in [2.75, 3.05) is 5.32 Å². The molecule has 1 aromatic carbocycles. The molecule has 0 aliphatic rings. The molecular formula is C16H25NO. The fraction of sp³-hybridized carbons (Fsp3) is 0.562. The van der Waals surface area contributed by atoms with E-state index in [0.29, 0.717) is 0 Å². The molecule has 0 bridgehead atoms. The van der Waals surface area contributed by atoms with Gasteiger partial charge in [0.1, 0.15) is 0 Å². The number of rotatable bonds is 6. The van der Waals surface area contributed by atoms with Gasteiger partial charge >= 0.3 is 0 Å². The third kappa shape index (κ3) is 4.17. The molecule has 1 N–H and O–H groups in total. The lowest BCUT2D eigenvalue weighted by Gasteiger charge is -2.16. The third-order valence-electron chi connectivity index (χ3n) is 3.41. The van der Waals surface area contributed by atoms with Crippen LogP contribution in [0, 0.1) is 19.8 Å². The van der Waals surface area contributed by atoms with E-state index in [4.69, 9.17) is 0 Å². The maximum absolute atomic E-state index is 12.2. The maximum atomic E-state index is 12.2. The summed E-state index contributed by atoms with van der Waals surface area (Å²) >= 11 is 0. The summed E-state index contributed by atoms with van der Waals surface area (Å²) in [7, 11) is 0. The van der Waals surface area contributed by atoms with Gasteiger partial charge in [-0.05, 0) is 38.3 Å². The fourth-order valence-electron chi connectivity index (χ4n) is 2.16. The van der Waals surface area contributed by atoms with Crippen LogP contribution < -0.4 is 5.32 Å². The molecule has 18 heavy (non-hydrogen) atoms. The minimum absolute atomic E-state index is 0.144. The molecule has 0 saturated carbocycles. The molecule has 0 fully saturated rings. The van der Waals surface area contributed by atoms with Gasteiger partial charge in [0, 0.05) is 11.6 Å². The molecule has 0 aliphatic heterocycles. The lowest BCUT2D eigenvalue weighted by molar-refractivity contribution is -0.120. The van der Waals surface area contributed by atoms with Crippen molar-refractivity contribution in [1.82, 2.24) is 0 Å². The molecule has 0 spiro atoms. The van der Waals surface area contributed by atoms with E-state index in [9.17, 15) is 4.79 Å². The molecular weight excluding hydrogens is 222 g/mol. The molecule has 2 heteroatoms. The van der Waals surface area contributed by atoms with Crippen LogP contribution in [0.5, 0.6) is 0 Å². The fourth-order valence-corrected chi connectivity index (χ4v) is 2.16. The number of aryl methyl sites for hydroxylation is 2. The zero-order valence-corrected chi connectivity index (χ0v) is 12.0. The van der Waals surface area contributed by atoms with Crippen LogP contribution >= 0.6 is 0 Å². The molecule has 0 radical (unpaired) electrons. The predicted octanol–water partition coefficient (Wildman–Crippen LogP) is 4.46. The number of carbonyl (C=O) groups excluding carboxylic acids is 1. The Bertz CT molecular complexity index is 398. The average molecular weight is 247 g/mol. The Kier molecular flexibility index (Phi) is 5.90. The number of unbranched alkanes of at least 4 members (excludes halogenated alkanes) is 1. The Hall–Kier alpha value is -1.31. The second kappa shape index (κ2) is 7.20. The summed E-state index contributed by atoms with van der Waals surface area (Å²) in [5.74, 6) is 0.309. The van der Waals surface area contributed by atoms with Crippen LogP contribution in [0.25, 0.3) is 0 Å². The molecule has 0 unspecified atom stereocenters. The summed E-state index contributed by atoms with van der Waals surface area (Å²) in [5, 5.41) is 3.06. The van der Waals surface area contributed by atoms with Gasteiger partial charge in [-0.1, -0.05) is 44.4 Å². The molecule has 1 aromatic rings. The van der Waals surface area contributed by atoms with Crippen molar-refractivity contribution in [3.05, 3.63) is 29.3 Å². The first kappa shape index (κ1) is 14.7. The van der Waals surface area contributed by atoms with Crippen molar-refractivity contribution < 1.29 is 4.79 Å². The smallest absolute Gasteiger partial charge is 0.227 e. The van der Waals surface area contributed by atoms with Crippen molar-refractivity contribution in [3.8, 4) is 0 Å². The van der Waals surface area contributed by atoms with Crippen molar-refractivity contribution >= 4 is 11.6 Å². The summed E-state index contributed by atoms with van der Waals surface area (Å²) in [5.41, 5.74) is 3.30. The SMILES string of the molecule is CCCC[C@H](CC)C(=O)Nc1ccc(C)cc1C. The standard InChI is InChI=1S/C16H25NO/c1-5-7-8-14(6-2)16(18)17-15-10-9-12(3)11-13(15)4/h9-11,14H,5-8H2,1-4H3,(H,17,18)/t14-/m0/s1. The first-order valence-electron chi connectivity index (χ1n) is 6.96. The molecule has 0 saturated heterocycles. The molecule has 1 rings (SSSR count). The van der Waals surface area contributed by atoms with Gasteiger partial charge in [0.25, 0.3) is 0 Å². The van der Waals surface area contributed by atoms with Gasteiger partial charge in [0.2, 0.25) is 5.91 Å². The van der Waals surface area contributed by atoms with E-state index in [1.165, 1.54) is 5.56 Å². The van der Waals surface area contributed by atoms with Gasteiger partial charge in [-0.3, -0.25) is 4.79 Å². The van der Waals surface area contributed by atoms with Gasteiger partial charge in [0.15, 0.2) is 0 Å². The second-order valence-electron chi connectivity index (χ2n) is 5.06. The van der Waals surface area contributed by atoms with E-state index in [0.717, 1.165) is 36.9 Å². The summed E-state index contributed by atoms with van der Waals surface area (Å²) in [6.45, 7) is 8.35. The highest BCUT2D eigenvalue weighted by Gasteiger charge is 2.16. The highest BCUT2D eigenvalue weighted by Crippen LogP contribution is 2.19. The van der Waals surface area contributed by atoms with Crippen molar-refractivity contribution in [1.29, 1.82) is 0 Å². The van der Waals surface area contributed by atoms with Gasteiger partial charge in [-0.15, -0.1) is 0 Å². The molecule has 1 amide bonds. The van der Waals surface area contributed by atoms with Crippen LogP contribution in [-0.2, 0) is 4.79 Å². The summed E-state index contributed by atoms with van der Waals surface area (Å²) < 4.78 is 0. The maximum Gasteiger partial charge on any atom is 0.227 e. The van der Waals surface area contributed by atoms with E-state index in [2.05, 4.69) is 32.2 Å². The molecule has 0 aliphatic carbocycles. The number of hydrogen-bond acceptors (Lipinski definition) is 1. The molecule has 1 atom stereocenters. The zero-order chi connectivity index (χ0) is 13.5. The summed E-state index contributed by atoms with van der Waals surface area (Å²) in [4.78, 5) is 12.2. The van der Waals surface area contributed by atoms with Crippen molar-refractivity contribution in [3.63, 3.8) is 0 Å². The van der Waals surface area contributed by atoms with E-state index >= 15 is 0 Å². The van der Waals surface area contributed by atoms with E-state index in [1.807, 2.05) is 19.1 Å². The van der Waals surface area contributed by atoms with Crippen LogP contribution in [0.15, 0.2) is 18.2 Å². The first-order chi connectivity index (χ1) is 8.58. The van der Waals surface area contributed by atoms with Crippen LogP contribution in [0.1, 0.15) is 50.7 Å². The second-order valence-corrected chi connectivity index (χ2v) is 5.06. The Morgan fingerprint density at radius 3 is 2.56 bits per heavy atom. The quantitative estimate of drug-likeness (QED) is 0.790. The van der Waals surface area contributed by atoms with Gasteiger partial charge in [-0.25, -0.2) is 0 Å². The lowest BCUT2D eigenvalue weighted by atomic mass is 9.98. The average Bonchev–Trinajstić information content (AvgIpc) is 2.34. The van der Waals surface area contributed by atoms with E-state index in [1.54, 1.807) is 0 Å². The normalized spacial score (nSPS) is 12.2. The van der Waals surface area contributed by atoms with Crippen LogP contribution in [0.4, 0.5) is 5.69 Å². The molecule has 0 heterocycles. The number of benzene rings is 1. The first-order valence-corrected chi connectivity index (χ1v) is 6.96.